The summed E-state index contributed by atoms with van der Waals surface area (Å²) in [5, 5.41) is 2.09. The predicted octanol–water partition coefficient (Wildman–Crippen LogP) is 1.31. The fourth-order valence-corrected chi connectivity index (χ4v) is 0.851. The SMILES string of the molecule is CCCCNP(=O)(O)O.Cl.Cl. The number of nitrogens with one attached hydrogen (secondary N) is 1. The van der Waals surface area contributed by atoms with Crippen LogP contribution in [0.25, 0.3) is 0 Å². The molecule has 0 aliphatic rings. The zero-order valence-electron chi connectivity index (χ0n) is 6.19. The van der Waals surface area contributed by atoms with Gasteiger partial charge in [0.2, 0.25) is 0 Å². The van der Waals surface area contributed by atoms with Gasteiger partial charge in [-0.25, -0.2) is 9.65 Å². The van der Waals surface area contributed by atoms with Crippen molar-refractivity contribution in [2.75, 3.05) is 6.54 Å². The van der Waals surface area contributed by atoms with E-state index in [9.17, 15) is 4.57 Å². The second kappa shape index (κ2) is 8.78. The molecular weight excluding hydrogens is 212 g/mol. The zero-order chi connectivity index (χ0) is 7.33. The summed E-state index contributed by atoms with van der Waals surface area (Å²) in [5.41, 5.74) is 0. The first-order valence-electron chi connectivity index (χ1n) is 2.87. The lowest BCUT2D eigenvalue weighted by Crippen LogP contribution is -2.10. The van der Waals surface area contributed by atoms with Gasteiger partial charge in [0.05, 0.1) is 0 Å². The molecule has 0 heterocycles. The summed E-state index contributed by atoms with van der Waals surface area (Å²) < 4.78 is 10.1. The van der Waals surface area contributed by atoms with Crippen LogP contribution in [0.4, 0.5) is 0 Å². The van der Waals surface area contributed by atoms with Crippen LogP contribution >= 0.6 is 32.6 Å². The van der Waals surface area contributed by atoms with Crippen LogP contribution in [0.2, 0.25) is 0 Å². The van der Waals surface area contributed by atoms with Crippen LogP contribution in [0, 0.1) is 0 Å². The highest BCUT2D eigenvalue weighted by molar-refractivity contribution is 7.49. The number of rotatable bonds is 4. The van der Waals surface area contributed by atoms with Gasteiger partial charge in [0.1, 0.15) is 0 Å². The first-order chi connectivity index (χ1) is 4.06. The van der Waals surface area contributed by atoms with Gasteiger partial charge in [-0.3, -0.25) is 0 Å². The molecule has 4 nitrogen and oxygen atoms in total. The molecule has 0 saturated heterocycles. The molecule has 0 spiro atoms. The van der Waals surface area contributed by atoms with Crippen LogP contribution in [0.1, 0.15) is 19.8 Å². The van der Waals surface area contributed by atoms with Gasteiger partial charge in [0.15, 0.2) is 0 Å². The molecule has 0 unspecified atom stereocenters. The smallest absolute Gasteiger partial charge is 0.313 e. The van der Waals surface area contributed by atoms with E-state index in [-0.39, 0.29) is 24.8 Å². The molecule has 0 amide bonds. The normalized spacial score (nSPS) is 9.73. The second-order valence-corrected chi connectivity index (χ2v) is 3.21. The fourth-order valence-electron chi connectivity index (χ4n) is 0.401. The Morgan fingerprint density at radius 3 is 2.09 bits per heavy atom. The molecule has 72 valence electrons. The van der Waals surface area contributed by atoms with Crippen molar-refractivity contribution in [3.63, 3.8) is 0 Å². The maximum absolute atomic E-state index is 10.1. The van der Waals surface area contributed by atoms with E-state index in [1.54, 1.807) is 0 Å². The Kier molecular flexibility index (Phi) is 14.1. The third kappa shape index (κ3) is 18.0. The Bertz CT molecular complexity index is 118. The number of unbranched alkanes of at least 4 members (excludes halogenated alkanes) is 1. The van der Waals surface area contributed by atoms with E-state index in [2.05, 4.69) is 5.09 Å². The van der Waals surface area contributed by atoms with E-state index in [4.69, 9.17) is 9.79 Å². The maximum Gasteiger partial charge on any atom is 0.400 e. The highest BCUT2D eigenvalue weighted by Gasteiger charge is 2.08. The summed E-state index contributed by atoms with van der Waals surface area (Å²) in [7, 11) is -3.95. The van der Waals surface area contributed by atoms with E-state index in [0.29, 0.717) is 6.54 Å². The molecule has 7 heteroatoms. The number of hydrogen-bond donors (Lipinski definition) is 3. The quantitative estimate of drug-likeness (QED) is 0.499. The van der Waals surface area contributed by atoms with Crippen molar-refractivity contribution in [2.45, 2.75) is 19.8 Å². The van der Waals surface area contributed by atoms with Crippen LogP contribution in [0.5, 0.6) is 0 Å². The third-order valence-electron chi connectivity index (χ3n) is 0.848. The molecule has 3 N–H and O–H groups in total. The first-order valence-corrected chi connectivity index (χ1v) is 4.48. The van der Waals surface area contributed by atoms with Crippen molar-refractivity contribution in [3.05, 3.63) is 0 Å². The molecule has 0 aromatic rings. The monoisotopic (exact) mass is 225 g/mol. The second-order valence-electron chi connectivity index (χ2n) is 1.81. The highest BCUT2D eigenvalue weighted by atomic mass is 35.5. The van der Waals surface area contributed by atoms with Gasteiger partial charge in [-0.1, -0.05) is 13.3 Å². The van der Waals surface area contributed by atoms with E-state index in [1.807, 2.05) is 6.92 Å². The van der Waals surface area contributed by atoms with Crippen LogP contribution in [-0.4, -0.2) is 16.3 Å². The van der Waals surface area contributed by atoms with Crippen molar-refractivity contribution < 1.29 is 14.4 Å². The van der Waals surface area contributed by atoms with Gasteiger partial charge >= 0.3 is 7.75 Å². The number of hydrogen-bond acceptors (Lipinski definition) is 1. The van der Waals surface area contributed by atoms with Gasteiger partial charge < -0.3 is 9.79 Å². The van der Waals surface area contributed by atoms with Gasteiger partial charge in [-0.05, 0) is 6.42 Å². The molecule has 0 radical (unpaired) electrons. The van der Waals surface area contributed by atoms with Gasteiger partial charge in [0, 0.05) is 6.54 Å². The molecule has 0 bridgehead atoms. The van der Waals surface area contributed by atoms with Gasteiger partial charge in [-0.15, -0.1) is 24.8 Å². The summed E-state index contributed by atoms with van der Waals surface area (Å²) in [6.45, 7) is 2.35. The molecule has 0 aromatic carbocycles. The zero-order valence-corrected chi connectivity index (χ0v) is 8.72. The summed E-state index contributed by atoms with van der Waals surface area (Å²) >= 11 is 0. The minimum atomic E-state index is -3.95. The topological polar surface area (TPSA) is 69.6 Å². The Morgan fingerprint density at radius 1 is 1.36 bits per heavy atom. The summed E-state index contributed by atoms with van der Waals surface area (Å²) in [5.74, 6) is 0. The average molecular weight is 226 g/mol. The fraction of sp³-hybridized carbons (Fsp3) is 1.00. The van der Waals surface area contributed by atoms with E-state index in [1.165, 1.54) is 0 Å². The van der Waals surface area contributed by atoms with Crippen LogP contribution < -0.4 is 5.09 Å². The molecule has 0 aliphatic heterocycles. The molecular formula is C4H14Cl2NO3P. The van der Waals surface area contributed by atoms with Crippen molar-refractivity contribution in [2.24, 2.45) is 0 Å². The predicted molar refractivity (Wildman–Crippen MR) is 49.5 cm³/mol. The van der Waals surface area contributed by atoms with Gasteiger partial charge in [-0.2, -0.15) is 0 Å². The lowest BCUT2D eigenvalue weighted by molar-refractivity contribution is 0.357. The lowest BCUT2D eigenvalue weighted by Gasteiger charge is -2.03. The Morgan fingerprint density at radius 2 is 1.82 bits per heavy atom. The van der Waals surface area contributed by atoms with Crippen LogP contribution in [0.15, 0.2) is 0 Å². The molecule has 0 aromatic heterocycles. The van der Waals surface area contributed by atoms with Crippen LogP contribution in [-0.2, 0) is 4.57 Å². The Labute approximate surface area is 78.8 Å². The van der Waals surface area contributed by atoms with E-state index < -0.39 is 7.75 Å². The lowest BCUT2D eigenvalue weighted by atomic mass is 10.3. The molecule has 0 fully saturated rings. The van der Waals surface area contributed by atoms with E-state index >= 15 is 0 Å². The average Bonchev–Trinajstić information content (AvgIpc) is 1.63. The Balaban J connectivity index is -0.000000320. The minimum Gasteiger partial charge on any atom is -0.313 e. The molecule has 0 rings (SSSR count). The molecule has 11 heavy (non-hydrogen) atoms. The largest absolute Gasteiger partial charge is 0.400 e. The summed E-state index contributed by atoms with van der Waals surface area (Å²) in [6.07, 6.45) is 1.73. The Hall–Kier alpha value is 0.690. The summed E-state index contributed by atoms with van der Waals surface area (Å²) in [4.78, 5) is 16.5. The standard InChI is InChI=1S/C4H12NO3P.2ClH/c1-2-3-4-5-9(6,7)8;;/h2-4H2,1H3,(H3,5,6,7,8);2*1H. The summed E-state index contributed by atoms with van der Waals surface area (Å²) in [6, 6.07) is 0. The van der Waals surface area contributed by atoms with Crippen molar-refractivity contribution in [1.82, 2.24) is 5.09 Å². The first kappa shape index (κ1) is 17.7. The maximum atomic E-state index is 10.1. The van der Waals surface area contributed by atoms with Crippen molar-refractivity contribution >= 4 is 32.6 Å². The van der Waals surface area contributed by atoms with Gasteiger partial charge in [0.25, 0.3) is 0 Å². The molecule has 0 aliphatic carbocycles. The number of halogens is 2. The van der Waals surface area contributed by atoms with E-state index in [0.717, 1.165) is 12.8 Å². The van der Waals surface area contributed by atoms with Crippen LogP contribution in [0.3, 0.4) is 0 Å². The third-order valence-corrected chi connectivity index (χ3v) is 1.48. The minimum absolute atomic E-state index is 0. The molecule has 0 saturated carbocycles. The van der Waals surface area contributed by atoms with Crippen molar-refractivity contribution in [3.8, 4) is 0 Å². The highest BCUT2D eigenvalue weighted by Crippen LogP contribution is 2.27. The van der Waals surface area contributed by atoms with Crippen molar-refractivity contribution in [1.29, 1.82) is 0 Å². The molecule has 0 atom stereocenters.